The molecule has 1 rings (SSSR count). The molecule has 0 fully saturated rings. The summed E-state index contributed by atoms with van der Waals surface area (Å²) in [6.07, 6.45) is 0. The third kappa shape index (κ3) is 2.20. The Morgan fingerprint density at radius 2 is 2.33 bits per heavy atom. The average Bonchev–Trinajstić information content (AvgIpc) is 2.05. The third-order valence-corrected chi connectivity index (χ3v) is 2.79. The molecule has 1 aromatic rings. The first-order chi connectivity index (χ1) is 5.74. The summed E-state index contributed by atoms with van der Waals surface area (Å²) < 4.78 is 0. The van der Waals surface area contributed by atoms with E-state index in [9.17, 15) is 4.79 Å². The van der Waals surface area contributed by atoms with E-state index in [-0.39, 0.29) is 9.52 Å². The van der Waals surface area contributed by atoms with Gasteiger partial charge < -0.3 is 5.11 Å². The number of carboxylic acids is 1. The van der Waals surface area contributed by atoms with Crippen LogP contribution in [0, 0.1) is 0 Å². The van der Waals surface area contributed by atoms with Crippen molar-refractivity contribution >= 4 is 15.5 Å². The Morgan fingerprint density at radius 1 is 1.58 bits per heavy atom. The Bertz CT molecular complexity index is 284. The Kier molecular flexibility index (Phi) is 3.05. The van der Waals surface area contributed by atoms with Crippen LogP contribution in [0.1, 0.15) is 15.9 Å². The molecule has 12 heavy (non-hydrogen) atoms. The van der Waals surface area contributed by atoms with Crippen molar-refractivity contribution < 1.29 is 9.90 Å². The first kappa shape index (κ1) is 9.00. The van der Waals surface area contributed by atoms with Gasteiger partial charge in [0.25, 0.3) is 0 Å². The molecule has 1 N–H and O–H groups in total. The van der Waals surface area contributed by atoms with E-state index in [0.717, 1.165) is 11.6 Å². The van der Waals surface area contributed by atoms with E-state index in [1.54, 1.807) is 12.1 Å². The minimum absolute atomic E-state index is 0.0178. The number of hydrogen-bond acceptors (Lipinski definition) is 1. The van der Waals surface area contributed by atoms with Crippen molar-refractivity contribution in [2.45, 2.75) is 12.6 Å². The fourth-order valence-corrected chi connectivity index (χ4v) is 2.04. The highest BCUT2D eigenvalue weighted by atomic mass is 28.2. The van der Waals surface area contributed by atoms with Gasteiger partial charge in [0.05, 0.1) is 5.56 Å². The number of benzene rings is 1. The first-order valence-electron chi connectivity index (χ1n) is 4.06. The van der Waals surface area contributed by atoms with Crippen LogP contribution < -0.4 is 0 Å². The van der Waals surface area contributed by atoms with Gasteiger partial charge in [0.15, 0.2) is 0 Å². The van der Waals surface area contributed by atoms with Crippen LogP contribution >= 0.6 is 0 Å². The highest BCUT2D eigenvalue weighted by Gasteiger charge is 2.01. The Hall–Kier alpha value is -1.09. The SMILES string of the molecule is C[SiH2]Cc1cccc(C(=O)O)c1. The van der Waals surface area contributed by atoms with Gasteiger partial charge in [-0.15, -0.1) is 0 Å². The minimum Gasteiger partial charge on any atom is -0.478 e. The highest BCUT2D eigenvalue weighted by molar-refractivity contribution is 6.32. The third-order valence-electron chi connectivity index (χ3n) is 1.71. The maximum absolute atomic E-state index is 10.6. The van der Waals surface area contributed by atoms with Gasteiger partial charge in [-0.1, -0.05) is 24.2 Å². The number of carboxylic acid groups (broad SMARTS) is 1. The summed E-state index contributed by atoms with van der Waals surface area (Å²) in [7, 11) is -0.0178. The Labute approximate surface area is 74.1 Å². The maximum atomic E-state index is 10.6. The lowest BCUT2D eigenvalue weighted by atomic mass is 10.1. The van der Waals surface area contributed by atoms with Crippen molar-refractivity contribution in [2.24, 2.45) is 0 Å². The monoisotopic (exact) mass is 180 g/mol. The summed E-state index contributed by atoms with van der Waals surface area (Å²) in [5.74, 6) is -0.838. The van der Waals surface area contributed by atoms with Crippen molar-refractivity contribution in [3.8, 4) is 0 Å². The van der Waals surface area contributed by atoms with Gasteiger partial charge in [-0.2, -0.15) is 0 Å². The van der Waals surface area contributed by atoms with Crippen LogP contribution in [-0.4, -0.2) is 20.6 Å². The fourth-order valence-electron chi connectivity index (χ4n) is 1.15. The first-order valence-corrected chi connectivity index (χ1v) is 6.47. The second-order valence-electron chi connectivity index (χ2n) is 2.76. The van der Waals surface area contributed by atoms with Crippen molar-refractivity contribution in [3.63, 3.8) is 0 Å². The fraction of sp³-hybridized carbons (Fsp3) is 0.222. The summed E-state index contributed by atoms with van der Waals surface area (Å²) in [6, 6.07) is 8.27. The highest BCUT2D eigenvalue weighted by Crippen LogP contribution is 2.05. The van der Waals surface area contributed by atoms with E-state index in [1.807, 2.05) is 12.1 Å². The van der Waals surface area contributed by atoms with Crippen molar-refractivity contribution in [3.05, 3.63) is 35.4 Å². The van der Waals surface area contributed by atoms with E-state index >= 15 is 0 Å². The molecule has 0 radical (unpaired) electrons. The molecule has 0 spiro atoms. The van der Waals surface area contributed by atoms with Gasteiger partial charge in [-0.3, -0.25) is 0 Å². The summed E-state index contributed by atoms with van der Waals surface area (Å²) in [5, 5.41) is 8.69. The molecule has 2 nitrogen and oxygen atoms in total. The number of hydrogen-bond donors (Lipinski definition) is 1. The van der Waals surface area contributed by atoms with Crippen LogP contribution in [0.2, 0.25) is 6.55 Å². The molecular formula is C9H12O2Si. The average molecular weight is 180 g/mol. The standard InChI is InChI=1S/C9H12O2Si/c1-12-6-7-3-2-4-8(5-7)9(10)11/h2-5H,6,12H2,1H3,(H,10,11). The quantitative estimate of drug-likeness (QED) is 0.707. The second-order valence-corrected chi connectivity index (χ2v) is 4.26. The molecule has 0 aliphatic carbocycles. The molecule has 0 saturated heterocycles. The van der Waals surface area contributed by atoms with Crippen LogP contribution in [0.3, 0.4) is 0 Å². The molecule has 0 aliphatic rings. The number of carbonyl (C=O) groups is 1. The Morgan fingerprint density at radius 3 is 2.92 bits per heavy atom. The van der Waals surface area contributed by atoms with Gasteiger partial charge in [0, 0.05) is 9.52 Å². The van der Waals surface area contributed by atoms with Crippen LogP contribution in [-0.2, 0) is 6.04 Å². The topological polar surface area (TPSA) is 37.3 Å². The van der Waals surface area contributed by atoms with Crippen LogP contribution in [0.4, 0.5) is 0 Å². The lowest BCUT2D eigenvalue weighted by Crippen LogP contribution is -1.98. The molecule has 0 bridgehead atoms. The zero-order valence-electron chi connectivity index (χ0n) is 7.08. The summed E-state index contributed by atoms with van der Waals surface area (Å²) in [4.78, 5) is 10.6. The van der Waals surface area contributed by atoms with E-state index in [4.69, 9.17) is 5.11 Å². The zero-order valence-corrected chi connectivity index (χ0v) is 8.49. The maximum Gasteiger partial charge on any atom is 0.335 e. The molecule has 1 aromatic carbocycles. The smallest absolute Gasteiger partial charge is 0.335 e. The van der Waals surface area contributed by atoms with Gasteiger partial charge in [0.1, 0.15) is 0 Å². The molecule has 64 valence electrons. The molecule has 0 atom stereocenters. The van der Waals surface area contributed by atoms with Crippen molar-refractivity contribution in [1.82, 2.24) is 0 Å². The summed E-state index contributed by atoms with van der Waals surface area (Å²) in [6.45, 7) is 2.22. The lowest BCUT2D eigenvalue weighted by molar-refractivity contribution is 0.0697. The molecule has 0 saturated carbocycles. The predicted octanol–water partition coefficient (Wildman–Crippen LogP) is 1.10. The minimum atomic E-state index is -0.838. The molecule has 0 unspecified atom stereocenters. The molecule has 3 heteroatoms. The molecule has 0 aromatic heterocycles. The zero-order chi connectivity index (χ0) is 8.97. The van der Waals surface area contributed by atoms with Crippen molar-refractivity contribution in [1.29, 1.82) is 0 Å². The van der Waals surface area contributed by atoms with Crippen LogP contribution in [0.15, 0.2) is 24.3 Å². The van der Waals surface area contributed by atoms with E-state index < -0.39 is 5.97 Å². The van der Waals surface area contributed by atoms with Gasteiger partial charge >= 0.3 is 5.97 Å². The van der Waals surface area contributed by atoms with Gasteiger partial charge in [0.2, 0.25) is 0 Å². The van der Waals surface area contributed by atoms with E-state index in [1.165, 1.54) is 0 Å². The molecule has 0 amide bonds. The van der Waals surface area contributed by atoms with Crippen molar-refractivity contribution in [2.75, 3.05) is 0 Å². The van der Waals surface area contributed by atoms with Gasteiger partial charge in [-0.25, -0.2) is 4.79 Å². The number of aromatic carboxylic acids is 1. The van der Waals surface area contributed by atoms with Gasteiger partial charge in [-0.05, 0) is 18.2 Å². The van der Waals surface area contributed by atoms with E-state index in [0.29, 0.717) is 5.56 Å². The second kappa shape index (κ2) is 4.06. The molecular weight excluding hydrogens is 168 g/mol. The molecule has 0 heterocycles. The summed E-state index contributed by atoms with van der Waals surface area (Å²) in [5.41, 5.74) is 1.55. The van der Waals surface area contributed by atoms with E-state index in [2.05, 4.69) is 6.55 Å². The lowest BCUT2D eigenvalue weighted by Gasteiger charge is -1.98. The number of rotatable bonds is 3. The summed E-state index contributed by atoms with van der Waals surface area (Å²) >= 11 is 0. The normalized spacial score (nSPS) is 10.8. The largest absolute Gasteiger partial charge is 0.478 e. The Balaban J connectivity index is 2.88. The van der Waals surface area contributed by atoms with Crippen LogP contribution in [0.25, 0.3) is 0 Å². The predicted molar refractivity (Wildman–Crippen MR) is 51.5 cm³/mol. The molecule has 0 aliphatic heterocycles. The van der Waals surface area contributed by atoms with Crippen LogP contribution in [0.5, 0.6) is 0 Å².